The summed E-state index contributed by atoms with van der Waals surface area (Å²) in [7, 11) is 0. The Kier molecular flexibility index (Phi) is 5.64. The Hall–Kier alpha value is -2.71. The highest BCUT2D eigenvalue weighted by molar-refractivity contribution is 5.97. The van der Waals surface area contributed by atoms with Crippen molar-refractivity contribution in [3.05, 3.63) is 59.0 Å². The molecule has 2 aromatic heterocycles. The summed E-state index contributed by atoms with van der Waals surface area (Å²) in [6.45, 7) is 6.32. The summed E-state index contributed by atoms with van der Waals surface area (Å²) in [6.07, 6.45) is 0. The molecule has 1 saturated heterocycles. The molecule has 0 aliphatic carbocycles. The lowest BCUT2D eigenvalue weighted by molar-refractivity contribution is 0.0383. The first-order valence-electron chi connectivity index (χ1n) is 9.62. The molecular weight excluding hydrogens is 380 g/mol. The third-order valence-corrected chi connectivity index (χ3v) is 5.03. The van der Waals surface area contributed by atoms with Crippen LogP contribution >= 0.6 is 0 Å². The fraction of sp³-hybridized carbons (Fsp3) is 0.381. The largest absolute Gasteiger partial charge is 0.460 e. The molecule has 0 unspecified atom stereocenters. The van der Waals surface area contributed by atoms with E-state index in [1.807, 2.05) is 13.0 Å². The van der Waals surface area contributed by atoms with Crippen LogP contribution in [0, 0.1) is 18.6 Å². The van der Waals surface area contributed by atoms with Gasteiger partial charge in [0.25, 0.3) is 5.91 Å². The summed E-state index contributed by atoms with van der Waals surface area (Å²) in [6, 6.07) is 6.84. The van der Waals surface area contributed by atoms with Crippen LogP contribution in [0.3, 0.4) is 0 Å². The zero-order valence-electron chi connectivity index (χ0n) is 16.2. The zero-order valence-corrected chi connectivity index (χ0v) is 16.2. The molecule has 3 aromatic rings. The van der Waals surface area contributed by atoms with Gasteiger partial charge in [0, 0.05) is 50.9 Å². The minimum Gasteiger partial charge on any atom is -0.460 e. The summed E-state index contributed by atoms with van der Waals surface area (Å²) < 4.78 is 39.9. The lowest BCUT2D eigenvalue weighted by Crippen LogP contribution is -2.41. The Morgan fingerprint density at radius 2 is 1.83 bits per heavy atom. The van der Waals surface area contributed by atoms with Gasteiger partial charge in [-0.15, -0.1) is 0 Å². The second-order valence-electron chi connectivity index (χ2n) is 7.21. The molecule has 154 valence electrons. The minimum absolute atomic E-state index is 0.156. The van der Waals surface area contributed by atoms with E-state index in [1.54, 1.807) is 10.6 Å². The molecule has 1 aliphatic heterocycles. The fourth-order valence-electron chi connectivity index (χ4n) is 3.65. The van der Waals surface area contributed by atoms with Gasteiger partial charge in [0.2, 0.25) is 0 Å². The smallest absolute Gasteiger partial charge is 0.268 e. The average Bonchev–Trinajstić information content (AvgIpc) is 3.19. The van der Waals surface area contributed by atoms with Crippen molar-refractivity contribution in [1.82, 2.24) is 14.8 Å². The van der Waals surface area contributed by atoms with Crippen LogP contribution in [0.5, 0.6) is 0 Å². The minimum atomic E-state index is -0.650. The van der Waals surface area contributed by atoms with Crippen molar-refractivity contribution in [1.29, 1.82) is 0 Å². The molecule has 3 heterocycles. The molecular formula is C21H23F2N3O3. The highest BCUT2D eigenvalue weighted by Crippen LogP contribution is 2.25. The number of halogens is 2. The van der Waals surface area contributed by atoms with Crippen LogP contribution in [0.1, 0.15) is 21.8 Å². The number of aromatic nitrogens is 1. The Labute approximate surface area is 167 Å². The van der Waals surface area contributed by atoms with Gasteiger partial charge in [-0.05, 0) is 24.6 Å². The van der Waals surface area contributed by atoms with Gasteiger partial charge in [0.1, 0.15) is 23.1 Å². The van der Waals surface area contributed by atoms with Crippen LogP contribution in [0.15, 0.2) is 34.7 Å². The van der Waals surface area contributed by atoms with Crippen molar-refractivity contribution in [2.75, 3.05) is 39.4 Å². The average molecular weight is 403 g/mol. The number of aryl methyl sites for hydroxylation is 1. The molecule has 4 rings (SSSR count). The molecule has 0 radical (unpaired) electrons. The predicted octanol–water partition coefficient (Wildman–Crippen LogP) is 2.93. The van der Waals surface area contributed by atoms with Crippen LogP contribution in [0.25, 0.3) is 11.1 Å². The van der Waals surface area contributed by atoms with E-state index in [1.165, 1.54) is 12.1 Å². The Bertz CT molecular complexity index is 1000. The van der Waals surface area contributed by atoms with E-state index in [2.05, 4.69) is 10.2 Å². The topological polar surface area (TPSA) is 59.6 Å². The van der Waals surface area contributed by atoms with Crippen LogP contribution in [0.4, 0.5) is 8.78 Å². The Morgan fingerprint density at radius 1 is 1.10 bits per heavy atom. The molecule has 0 saturated carbocycles. The zero-order chi connectivity index (χ0) is 20.4. The van der Waals surface area contributed by atoms with Gasteiger partial charge in [-0.2, -0.15) is 0 Å². The Morgan fingerprint density at radius 3 is 2.55 bits per heavy atom. The first-order valence-corrected chi connectivity index (χ1v) is 9.62. The highest BCUT2D eigenvalue weighted by atomic mass is 19.1. The lowest BCUT2D eigenvalue weighted by Gasteiger charge is -2.26. The van der Waals surface area contributed by atoms with Crippen molar-refractivity contribution in [3.8, 4) is 0 Å². The van der Waals surface area contributed by atoms with Crippen LogP contribution in [-0.2, 0) is 11.3 Å². The van der Waals surface area contributed by atoms with E-state index in [4.69, 9.17) is 9.15 Å². The van der Waals surface area contributed by atoms with Gasteiger partial charge in [0.05, 0.1) is 18.7 Å². The molecule has 29 heavy (non-hydrogen) atoms. The number of nitrogens with zero attached hydrogens (tertiary/aromatic N) is 2. The number of ether oxygens (including phenoxy) is 1. The van der Waals surface area contributed by atoms with Crippen molar-refractivity contribution < 1.29 is 22.7 Å². The molecule has 1 N–H and O–H groups in total. The maximum Gasteiger partial charge on any atom is 0.268 e. The molecule has 1 aliphatic rings. The lowest BCUT2D eigenvalue weighted by atomic mass is 10.2. The summed E-state index contributed by atoms with van der Waals surface area (Å²) >= 11 is 0. The van der Waals surface area contributed by atoms with Crippen molar-refractivity contribution in [2.45, 2.75) is 13.5 Å². The number of furan rings is 1. The van der Waals surface area contributed by atoms with Crippen LogP contribution in [-0.4, -0.2) is 54.8 Å². The van der Waals surface area contributed by atoms with Crippen molar-refractivity contribution in [3.63, 3.8) is 0 Å². The molecule has 8 heteroatoms. The van der Waals surface area contributed by atoms with E-state index < -0.39 is 11.6 Å². The fourth-order valence-corrected chi connectivity index (χ4v) is 3.65. The summed E-state index contributed by atoms with van der Waals surface area (Å²) in [4.78, 5) is 15.0. The summed E-state index contributed by atoms with van der Waals surface area (Å²) in [5.74, 6) is -0.848. The van der Waals surface area contributed by atoms with E-state index in [0.29, 0.717) is 47.9 Å². The Balaban J connectivity index is 1.54. The molecule has 0 atom stereocenters. The summed E-state index contributed by atoms with van der Waals surface area (Å²) in [5.41, 5.74) is 2.11. The quantitative estimate of drug-likeness (QED) is 0.688. The number of nitrogens with one attached hydrogen (secondary N) is 1. The first-order chi connectivity index (χ1) is 14.0. The number of amides is 1. The number of fused-ring (bicyclic) bond motifs is 1. The van der Waals surface area contributed by atoms with Gasteiger partial charge in [0.15, 0.2) is 5.58 Å². The van der Waals surface area contributed by atoms with Crippen LogP contribution < -0.4 is 5.32 Å². The van der Waals surface area contributed by atoms with E-state index in [-0.39, 0.29) is 12.5 Å². The number of hydrogen-bond acceptors (Lipinski definition) is 4. The first kappa shape index (κ1) is 19.6. The molecule has 1 fully saturated rings. The van der Waals surface area contributed by atoms with Crippen molar-refractivity contribution >= 4 is 17.0 Å². The monoisotopic (exact) mass is 403 g/mol. The normalized spacial score (nSPS) is 15.1. The molecule has 1 aromatic carbocycles. The van der Waals surface area contributed by atoms with Crippen LogP contribution in [0.2, 0.25) is 0 Å². The standard InChI is InChI=1S/C21H23F2N3O3/c1-14-8-18-20(29-14)12-19(21(27)24-2-3-25-4-6-28-7-5-25)26(18)13-15-9-16(22)11-17(23)10-15/h8-12H,2-7,13H2,1H3,(H,24,27). The van der Waals surface area contributed by atoms with Gasteiger partial charge >= 0.3 is 0 Å². The molecule has 6 nitrogen and oxygen atoms in total. The number of morpholine rings is 1. The highest BCUT2D eigenvalue weighted by Gasteiger charge is 2.19. The predicted molar refractivity (Wildman–Crippen MR) is 104 cm³/mol. The number of rotatable bonds is 6. The van der Waals surface area contributed by atoms with Gasteiger partial charge in [-0.3, -0.25) is 9.69 Å². The van der Waals surface area contributed by atoms with E-state index >= 15 is 0 Å². The number of benzene rings is 1. The number of hydrogen-bond donors (Lipinski definition) is 1. The maximum atomic E-state index is 13.6. The third kappa shape index (κ3) is 4.49. The van der Waals surface area contributed by atoms with E-state index in [9.17, 15) is 13.6 Å². The number of carbonyl (C=O) groups excluding carboxylic acids is 1. The molecule has 1 amide bonds. The van der Waals surface area contributed by atoms with E-state index in [0.717, 1.165) is 25.7 Å². The van der Waals surface area contributed by atoms with Gasteiger partial charge < -0.3 is 19.0 Å². The third-order valence-electron chi connectivity index (χ3n) is 5.03. The SMILES string of the molecule is Cc1cc2c(cc(C(=O)NCCN3CCOCC3)n2Cc2cc(F)cc(F)c2)o1. The molecule has 0 spiro atoms. The van der Waals surface area contributed by atoms with Crippen molar-refractivity contribution in [2.24, 2.45) is 0 Å². The van der Waals surface area contributed by atoms with Gasteiger partial charge in [-0.1, -0.05) is 0 Å². The summed E-state index contributed by atoms with van der Waals surface area (Å²) in [5, 5.41) is 2.93. The second-order valence-corrected chi connectivity index (χ2v) is 7.21. The maximum absolute atomic E-state index is 13.6. The van der Waals surface area contributed by atoms with Gasteiger partial charge in [-0.25, -0.2) is 8.78 Å². The second kappa shape index (κ2) is 8.34. The molecule has 0 bridgehead atoms. The number of carbonyl (C=O) groups is 1.